The Bertz CT molecular complexity index is 600. The van der Waals surface area contributed by atoms with Crippen LogP contribution in [-0.4, -0.2) is 30.9 Å². The molecule has 2 atom stereocenters. The van der Waals surface area contributed by atoms with Crippen LogP contribution in [0.5, 0.6) is 11.5 Å². The largest absolute Gasteiger partial charge is 0.493 e. The molecule has 1 aromatic heterocycles. The molecule has 0 spiro atoms. The average molecular weight is 308 g/mol. The highest BCUT2D eigenvalue weighted by atomic mass is 32.1. The molecule has 0 radical (unpaired) electrons. The van der Waals surface area contributed by atoms with Gasteiger partial charge in [0, 0.05) is 18.7 Å². The van der Waals surface area contributed by atoms with Gasteiger partial charge in [0.1, 0.15) is 0 Å². The van der Waals surface area contributed by atoms with Crippen LogP contribution in [0.1, 0.15) is 27.5 Å². The summed E-state index contributed by atoms with van der Waals surface area (Å²) in [5, 5.41) is 11.5. The van der Waals surface area contributed by atoms with Gasteiger partial charge in [-0.05, 0) is 24.6 Å². The predicted octanol–water partition coefficient (Wildman–Crippen LogP) is 2.24. The smallest absolute Gasteiger partial charge is 0.160 e. The van der Waals surface area contributed by atoms with Crippen molar-refractivity contribution in [3.8, 4) is 11.5 Å². The van der Waals surface area contributed by atoms with E-state index in [1.165, 1.54) is 11.3 Å². The van der Waals surface area contributed by atoms with Crippen molar-refractivity contribution >= 4 is 11.3 Å². The molecular weight excluding hydrogens is 288 g/mol. The van der Waals surface area contributed by atoms with Crippen molar-refractivity contribution in [3.63, 3.8) is 0 Å². The molecule has 3 N–H and O–H groups in total. The van der Waals surface area contributed by atoms with Crippen molar-refractivity contribution in [2.24, 2.45) is 5.73 Å². The number of nitrogens with two attached hydrogens (primary N) is 1. The maximum absolute atomic E-state index is 10.6. The monoisotopic (exact) mass is 308 g/mol. The highest BCUT2D eigenvalue weighted by molar-refractivity contribution is 7.11. The number of thiazole rings is 1. The molecule has 0 fully saturated rings. The van der Waals surface area contributed by atoms with Gasteiger partial charge in [-0.2, -0.15) is 0 Å². The lowest BCUT2D eigenvalue weighted by Gasteiger charge is -2.21. The Hall–Kier alpha value is -1.63. The van der Waals surface area contributed by atoms with Gasteiger partial charge in [0.15, 0.2) is 11.5 Å². The van der Waals surface area contributed by atoms with Crippen LogP contribution in [-0.2, 0) is 0 Å². The first-order chi connectivity index (χ1) is 10.1. The molecule has 0 saturated carbocycles. The number of hydrogen-bond donors (Lipinski definition) is 2. The number of benzene rings is 1. The van der Waals surface area contributed by atoms with Crippen LogP contribution in [0.4, 0.5) is 0 Å². The molecule has 2 rings (SSSR count). The number of aliphatic hydroxyl groups excluding tert-OH is 1. The summed E-state index contributed by atoms with van der Waals surface area (Å²) in [7, 11) is 3.18. The minimum Gasteiger partial charge on any atom is -0.493 e. The van der Waals surface area contributed by atoms with Gasteiger partial charge in [-0.1, -0.05) is 6.07 Å². The molecule has 0 bridgehead atoms. The van der Waals surface area contributed by atoms with Gasteiger partial charge in [-0.3, -0.25) is 0 Å². The fourth-order valence-electron chi connectivity index (χ4n) is 2.24. The van der Waals surface area contributed by atoms with Gasteiger partial charge in [0.2, 0.25) is 0 Å². The second-order valence-corrected chi connectivity index (χ2v) is 5.95. The van der Waals surface area contributed by atoms with Gasteiger partial charge in [-0.25, -0.2) is 4.98 Å². The number of aliphatic hydroxyl groups is 1. The molecule has 0 saturated heterocycles. The van der Waals surface area contributed by atoms with Crippen LogP contribution in [0.3, 0.4) is 0 Å². The lowest BCUT2D eigenvalue weighted by molar-refractivity contribution is 0.150. The van der Waals surface area contributed by atoms with E-state index in [-0.39, 0.29) is 5.92 Å². The Morgan fingerprint density at radius 2 is 2.00 bits per heavy atom. The number of methoxy groups -OCH3 is 2. The number of ether oxygens (including phenoxy) is 2. The van der Waals surface area contributed by atoms with E-state index in [4.69, 9.17) is 15.2 Å². The number of aromatic nitrogens is 1. The molecule has 21 heavy (non-hydrogen) atoms. The predicted molar refractivity (Wildman–Crippen MR) is 83.2 cm³/mol. The summed E-state index contributed by atoms with van der Waals surface area (Å²) in [6, 6.07) is 5.57. The standard InChI is InChI=1S/C15H20N2O3S/c1-9-17-8-14(21-9)15(18)11(7-16)10-4-5-12(19-2)13(6-10)20-3/h4-6,8,11,15,18H,7,16H2,1-3H3. The zero-order valence-electron chi connectivity index (χ0n) is 12.4. The minimum absolute atomic E-state index is 0.218. The number of hydrogen-bond acceptors (Lipinski definition) is 6. The lowest BCUT2D eigenvalue weighted by atomic mass is 9.92. The van der Waals surface area contributed by atoms with E-state index in [9.17, 15) is 5.11 Å². The quantitative estimate of drug-likeness (QED) is 0.856. The van der Waals surface area contributed by atoms with Crippen molar-refractivity contribution in [1.29, 1.82) is 0 Å². The summed E-state index contributed by atoms with van der Waals surface area (Å²) in [5.74, 6) is 1.06. The molecule has 2 aromatic rings. The molecule has 0 aliphatic carbocycles. The lowest BCUT2D eigenvalue weighted by Crippen LogP contribution is -2.19. The Balaban J connectivity index is 2.32. The maximum Gasteiger partial charge on any atom is 0.160 e. The van der Waals surface area contributed by atoms with Gasteiger partial charge in [0.25, 0.3) is 0 Å². The fourth-order valence-corrected chi connectivity index (χ4v) is 3.08. The summed E-state index contributed by atoms with van der Waals surface area (Å²) >= 11 is 1.48. The second-order valence-electron chi connectivity index (χ2n) is 4.68. The Kier molecular flexibility index (Phi) is 5.17. The summed E-state index contributed by atoms with van der Waals surface area (Å²) in [5.41, 5.74) is 6.77. The molecule has 2 unspecified atom stereocenters. The highest BCUT2D eigenvalue weighted by Gasteiger charge is 2.24. The zero-order valence-corrected chi connectivity index (χ0v) is 13.2. The van der Waals surface area contributed by atoms with Crippen molar-refractivity contribution in [2.75, 3.05) is 20.8 Å². The number of nitrogens with zero attached hydrogens (tertiary/aromatic N) is 1. The van der Waals surface area contributed by atoms with Crippen molar-refractivity contribution in [3.05, 3.63) is 39.8 Å². The molecule has 5 nitrogen and oxygen atoms in total. The summed E-state index contributed by atoms with van der Waals surface area (Å²) in [4.78, 5) is 5.00. The molecule has 1 aromatic carbocycles. The molecular formula is C15H20N2O3S. The first kappa shape index (κ1) is 15.8. The van der Waals surface area contributed by atoms with Crippen molar-refractivity contribution < 1.29 is 14.6 Å². The minimum atomic E-state index is -0.681. The molecule has 114 valence electrons. The van der Waals surface area contributed by atoms with E-state index >= 15 is 0 Å². The SMILES string of the molecule is COc1ccc(C(CN)C(O)c2cnc(C)s2)cc1OC. The summed E-state index contributed by atoms with van der Waals surface area (Å²) < 4.78 is 10.5. The first-order valence-electron chi connectivity index (χ1n) is 6.63. The third kappa shape index (κ3) is 3.34. The van der Waals surface area contributed by atoms with E-state index in [0.29, 0.717) is 18.0 Å². The third-order valence-electron chi connectivity index (χ3n) is 3.40. The number of rotatable bonds is 6. The van der Waals surface area contributed by atoms with Crippen LogP contribution < -0.4 is 15.2 Å². The molecule has 0 aliphatic heterocycles. The highest BCUT2D eigenvalue weighted by Crippen LogP contribution is 2.37. The van der Waals surface area contributed by atoms with Crippen LogP contribution >= 0.6 is 11.3 Å². The van der Waals surface area contributed by atoms with Gasteiger partial charge >= 0.3 is 0 Å². The molecule has 0 amide bonds. The van der Waals surface area contributed by atoms with E-state index in [1.54, 1.807) is 20.4 Å². The molecule has 0 aliphatic rings. The summed E-state index contributed by atoms with van der Waals surface area (Å²) in [6.45, 7) is 2.24. The topological polar surface area (TPSA) is 77.6 Å². The van der Waals surface area contributed by atoms with Gasteiger partial charge in [0.05, 0.1) is 30.2 Å². The average Bonchev–Trinajstić information content (AvgIpc) is 2.94. The van der Waals surface area contributed by atoms with E-state index in [0.717, 1.165) is 15.4 Å². The maximum atomic E-state index is 10.6. The molecule has 1 heterocycles. The number of aryl methyl sites for hydroxylation is 1. The van der Waals surface area contributed by atoms with Gasteiger partial charge in [-0.15, -0.1) is 11.3 Å². The van der Waals surface area contributed by atoms with Gasteiger partial charge < -0.3 is 20.3 Å². The van der Waals surface area contributed by atoms with E-state index in [1.807, 2.05) is 25.1 Å². The van der Waals surface area contributed by atoms with Crippen molar-refractivity contribution in [2.45, 2.75) is 18.9 Å². The summed E-state index contributed by atoms with van der Waals surface area (Å²) in [6.07, 6.45) is 1.02. The normalized spacial score (nSPS) is 13.8. The van der Waals surface area contributed by atoms with Crippen molar-refractivity contribution in [1.82, 2.24) is 4.98 Å². The van der Waals surface area contributed by atoms with E-state index < -0.39 is 6.10 Å². The fraction of sp³-hybridized carbons (Fsp3) is 0.400. The Morgan fingerprint density at radius 3 is 2.52 bits per heavy atom. The van der Waals surface area contributed by atoms with Crippen LogP contribution in [0.25, 0.3) is 0 Å². The Labute approximate surface area is 128 Å². The van der Waals surface area contributed by atoms with Crippen LogP contribution in [0.15, 0.2) is 24.4 Å². The Morgan fingerprint density at radius 1 is 1.29 bits per heavy atom. The van der Waals surface area contributed by atoms with Crippen LogP contribution in [0, 0.1) is 6.92 Å². The van der Waals surface area contributed by atoms with E-state index in [2.05, 4.69) is 4.98 Å². The second kappa shape index (κ2) is 6.89. The zero-order chi connectivity index (χ0) is 15.4. The third-order valence-corrected chi connectivity index (χ3v) is 4.38. The first-order valence-corrected chi connectivity index (χ1v) is 7.44. The molecule has 6 heteroatoms. The van der Waals surface area contributed by atoms with Crippen LogP contribution in [0.2, 0.25) is 0 Å².